The first kappa shape index (κ1) is 26.9. The molecule has 8 heteroatoms. The van der Waals surface area contributed by atoms with Crippen molar-refractivity contribution >= 4 is 33.9 Å². The first-order chi connectivity index (χ1) is 16.1. The summed E-state index contributed by atoms with van der Waals surface area (Å²) in [6.07, 6.45) is 1.39. The Kier molecular flexibility index (Phi) is 9.69. The van der Waals surface area contributed by atoms with Crippen LogP contribution in [-0.4, -0.2) is 31.8 Å². The summed E-state index contributed by atoms with van der Waals surface area (Å²) < 4.78 is 22.6. The zero-order valence-electron chi connectivity index (χ0n) is 19.9. The average Bonchev–Trinajstić information content (AvgIpc) is 2.77. The van der Waals surface area contributed by atoms with Gasteiger partial charge in [-0.2, -0.15) is 5.26 Å². The Morgan fingerprint density at radius 2 is 1.71 bits per heavy atom. The minimum atomic E-state index is -0.710. The summed E-state index contributed by atoms with van der Waals surface area (Å²) in [6.45, 7) is 9.82. The molecular weight excluding hydrogens is 502 g/mol. The largest absolute Gasteiger partial charge is 0.490 e. The number of nitriles is 1. The Labute approximate surface area is 208 Å². The van der Waals surface area contributed by atoms with Crippen molar-refractivity contribution in [2.45, 2.75) is 40.0 Å². The maximum Gasteiger partial charge on any atom is 0.349 e. The number of esters is 2. The van der Waals surface area contributed by atoms with Crippen molar-refractivity contribution in [3.8, 4) is 23.3 Å². The molecule has 0 N–H and O–H groups in total. The Morgan fingerprint density at radius 3 is 2.32 bits per heavy atom. The monoisotopic (exact) mass is 529 g/mol. The van der Waals surface area contributed by atoms with E-state index in [2.05, 4.69) is 36.7 Å². The van der Waals surface area contributed by atoms with Crippen molar-refractivity contribution in [3.05, 3.63) is 57.6 Å². The maximum atomic E-state index is 12.5. The van der Waals surface area contributed by atoms with Gasteiger partial charge < -0.3 is 18.9 Å². The lowest BCUT2D eigenvalue weighted by Gasteiger charge is -2.23. The Bertz CT molecular complexity index is 1110. The van der Waals surface area contributed by atoms with E-state index < -0.39 is 11.9 Å². The van der Waals surface area contributed by atoms with E-state index in [4.69, 9.17) is 18.9 Å². The van der Waals surface area contributed by atoms with Crippen molar-refractivity contribution in [3.63, 3.8) is 0 Å². The molecule has 0 saturated heterocycles. The number of benzene rings is 2. The Hall–Kier alpha value is -3.31. The van der Waals surface area contributed by atoms with E-state index in [-0.39, 0.29) is 30.0 Å². The molecule has 0 aliphatic heterocycles. The van der Waals surface area contributed by atoms with Gasteiger partial charge in [-0.15, -0.1) is 0 Å². The van der Waals surface area contributed by atoms with Gasteiger partial charge in [0.05, 0.1) is 13.2 Å². The van der Waals surface area contributed by atoms with Crippen LogP contribution >= 0.6 is 15.9 Å². The predicted octanol–water partition coefficient (Wildman–Crippen LogP) is 5.60. The molecule has 0 atom stereocenters. The van der Waals surface area contributed by atoms with Crippen LogP contribution in [0.2, 0.25) is 0 Å². The third-order valence-electron chi connectivity index (χ3n) is 4.51. The summed E-state index contributed by atoms with van der Waals surface area (Å²) in [5, 5.41) is 9.23. The van der Waals surface area contributed by atoms with Gasteiger partial charge >= 0.3 is 11.9 Å². The zero-order chi connectivity index (χ0) is 25.3. The highest BCUT2D eigenvalue weighted by molar-refractivity contribution is 9.10. The van der Waals surface area contributed by atoms with E-state index in [0.717, 1.165) is 10.0 Å². The van der Waals surface area contributed by atoms with Gasteiger partial charge in [-0.3, -0.25) is 0 Å². The van der Waals surface area contributed by atoms with Crippen LogP contribution in [0.5, 0.6) is 17.2 Å². The summed E-state index contributed by atoms with van der Waals surface area (Å²) in [7, 11) is 0. The highest BCUT2D eigenvalue weighted by Gasteiger charge is 2.21. The molecule has 0 amide bonds. The first-order valence-corrected chi connectivity index (χ1v) is 11.6. The molecule has 0 saturated carbocycles. The highest BCUT2D eigenvalue weighted by atomic mass is 79.9. The number of nitrogens with zero attached hydrogens (tertiary/aromatic N) is 1. The number of carbonyl (C=O) groups excluding carboxylic acids is 2. The van der Waals surface area contributed by atoms with Crippen LogP contribution in [0.4, 0.5) is 0 Å². The molecule has 0 bridgehead atoms. The summed E-state index contributed by atoms with van der Waals surface area (Å²) in [5.41, 5.74) is 1.15. The fourth-order valence-electron chi connectivity index (χ4n) is 2.98. The number of carbonyl (C=O) groups is 2. The first-order valence-electron chi connectivity index (χ1n) is 10.8. The van der Waals surface area contributed by atoms with Crippen molar-refractivity contribution in [2.75, 3.05) is 19.8 Å². The van der Waals surface area contributed by atoms with E-state index in [9.17, 15) is 14.9 Å². The summed E-state index contributed by atoms with van der Waals surface area (Å²) >= 11 is 3.47. The van der Waals surface area contributed by atoms with Gasteiger partial charge in [-0.1, -0.05) is 42.8 Å². The smallest absolute Gasteiger partial charge is 0.349 e. The lowest BCUT2D eigenvalue weighted by atomic mass is 9.86. The molecule has 0 spiro atoms. The highest BCUT2D eigenvalue weighted by Crippen LogP contribution is 2.34. The van der Waals surface area contributed by atoms with Crippen LogP contribution in [0.25, 0.3) is 6.08 Å². The molecule has 7 nitrogen and oxygen atoms in total. The van der Waals surface area contributed by atoms with Gasteiger partial charge in [0.25, 0.3) is 0 Å². The predicted molar refractivity (Wildman–Crippen MR) is 132 cm³/mol. The van der Waals surface area contributed by atoms with E-state index in [1.165, 1.54) is 12.1 Å². The molecule has 0 aliphatic carbocycles. The lowest BCUT2D eigenvalue weighted by Crippen LogP contribution is -2.20. The minimum Gasteiger partial charge on any atom is -0.490 e. The number of rotatable bonds is 9. The molecule has 0 heterocycles. The van der Waals surface area contributed by atoms with Gasteiger partial charge in [-0.05, 0) is 61.2 Å². The van der Waals surface area contributed by atoms with Gasteiger partial charge in [-0.25, -0.2) is 9.59 Å². The molecule has 0 aromatic heterocycles. The van der Waals surface area contributed by atoms with Gasteiger partial charge in [0.15, 0.2) is 18.1 Å². The van der Waals surface area contributed by atoms with Crippen molar-refractivity contribution in [2.24, 2.45) is 0 Å². The van der Waals surface area contributed by atoms with E-state index in [1.807, 2.05) is 18.2 Å². The topological polar surface area (TPSA) is 94.9 Å². The molecule has 34 heavy (non-hydrogen) atoms. The Balaban J connectivity index is 2.18. The zero-order valence-corrected chi connectivity index (χ0v) is 21.5. The second-order valence-corrected chi connectivity index (χ2v) is 9.10. The summed E-state index contributed by atoms with van der Waals surface area (Å²) in [6, 6.07) is 12.2. The third kappa shape index (κ3) is 7.63. The average molecular weight is 530 g/mol. The van der Waals surface area contributed by atoms with E-state index in [0.29, 0.717) is 23.7 Å². The van der Waals surface area contributed by atoms with Crippen LogP contribution in [0.15, 0.2) is 46.4 Å². The quantitative estimate of drug-likeness (QED) is 0.180. The lowest BCUT2D eigenvalue weighted by molar-refractivity contribution is -0.138. The van der Waals surface area contributed by atoms with Gasteiger partial charge in [0.1, 0.15) is 17.4 Å². The van der Waals surface area contributed by atoms with Gasteiger partial charge in [0, 0.05) is 10.0 Å². The summed E-state index contributed by atoms with van der Waals surface area (Å²) in [4.78, 5) is 24.4. The number of ether oxygens (including phenoxy) is 4. The van der Waals surface area contributed by atoms with Crippen molar-refractivity contribution < 1.29 is 28.5 Å². The van der Waals surface area contributed by atoms with Crippen LogP contribution < -0.4 is 14.2 Å². The fraction of sp³-hybridized carbons (Fsp3) is 0.346. The van der Waals surface area contributed by atoms with E-state index in [1.54, 1.807) is 32.0 Å². The van der Waals surface area contributed by atoms with Crippen LogP contribution in [0, 0.1) is 11.3 Å². The van der Waals surface area contributed by atoms with Crippen LogP contribution in [-0.2, 0) is 19.7 Å². The molecular formula is C26H28BrNO6. The second-order valence-electron chi connectivity index (χ2n) is 8.18. The normalized spacial score (nSPS) is 11.4. The molecule has 0 fully saturated rings. The fourth-order valence-corrected chi connectivity index (χ4v) is 3.34. The van der Waals surface area contributed by atoms with Crippen molar-refractivity contribution in [1.82, 2.24) is 0 Å². The van der Waals surface area contributed by atoms with Crippen LogP contribution in [0.1, 0.15) is 45.7 Å². The molecule has 0 aliphatic rings. The Morgan fingerprint density at radius 1 is 1.00 bits per heavy atom. The number of halogens is 1. The van der Waals surface area contributed by atoms with Crippen molar-refractivity contribution in [1.29, 1.82) is 5.26 Å². The third-order valence-corrected chi connectivity index (χ3v) is 5.01. The standard InChI is InChI=1S/C26H28BrNO6/c1-6-31-23-13-17(12-18(15-28)25(30)32-7-2)8-10-22(23)34-24(29)16-33-21-11-9-19(27)14-20(21)26(3,4)5/h8-14H,6-7,16H2,1-5H3/b18-12+. The summed E-state index contributed by atoms with van der Waals surface area (Å²) in [5.74, 6) is -0.213. The molecule has 0 radical (unpaired) electrons. The molecule has 180 valence electrons. The maximum absolute atomic E-state index is 12.5. The molecule has 2 aromatic carbocycles. The van der Waals surface area contributed by atoms with Gasteiger partial charge in [0.2, 0.25) is 0 Å². The molecule has 2 aromatic rings. The SMILES string of the molecule is CCOC(=O)/C(C#N)=C/c1ccc(OC(=O)COc2ccc(Br)cc2C(C)(C)C)c(OCC)c1. The van der Waals surface area contributed by atoms with Crippen LogP contribution in [0.3, 0.4) is 0 Å². The van der Waals surface area contributed by atoms with E-state index >= 15 is 0 Å². The molecule has 0 unspecified atom stereocenters. The second kappa shape index (κ2) is 12.2. The number of hydrogen-bond donors (Lipinski definition) is 0. The minimum absolute atomic E-state index is 0.147. The molecule has 2 rings (SSSR count). The number of hydrogen-bond acceptors (Lipinski definition) is 7.